The van der Waals surface area contributed by atoms with E-state index in [4.69, 9.17) is 9.47 Å². The maximum Gasteiger partial charge on any atom is 0.329 e. The molecule has 0 spiro atoms. The fraction of sp³-hybridized carbons (Fsp3) is 0.381. The monoisotopic (exact) mass is 370 g/mol. The van der Waals surface area contributed by atoms with Crippen molar-refractivity contribution >= 4 is 11.0 Å². The van der Waals surface area contributed by atoms with E-state index in [1.165, 1.54) is 0 Å². The Kier molecular flexibility index (Phi) is 6.32. The Morgan fingerprint density at radius 2 is 1.70 bits per heavy atom. The average Bonchev–Trinajstić information content (AvgIpc) is 2.95. The number of aliphatic hydroxyl groups excluding tert-OH is 1. The number of fused-ring (bicyclic) bond motifs is 1. The summed E-state index contributed by atoms with van der Waals surface area (Å²) in [5.74, 6) is 0.755. The summed E-state index contributed by atoms with van der Waals surface area (Å²) >= 11 is 0. The molecule has 3 aromatic rings. The van der Waals surface area contributed by atoms with Crippen LogP contribution < -0.4 is 10.4 Å². The first kappa shape index (κ1) is 19.2. The van der Waals surface area contributed by atoms with Crippen molar-refractivity contribution in [1.82, 2.24) is 9.13 Å². The third-order valence-electron chi connectivity index (χ3n) is 4.53. The summed E-state index contributed by atoms with van der Waals surface area (Å²) in [5.41, 5.74) is 2.55. The van der Waals surface area contributed by atoms with Crippen LogP contribution in [0, 0.1) is 0 Å². The second kappa shape index (κ2) is 8.88. The van der Waals surface area contributed by atoms with Crippen LogP contribution in [0.3, 0.4) is 0 Å². The van der Waals surface area contributed by atoms with E-state index >= 15 is 0 Å². The van der Waals surface area contributed by atoms with Crippen LogP contribution in [0.1, 0.15) is 18.9 Å². The molecule has 0 bridgehead atoms. The van der Waals surface area contributed by atoms with Gasteiger partial charge in [0.1, 0.15) is 5.75 Å². The van der Waals surface area contributed by atoms with Crippen LogP contribution >= 0.6 is 0 Å². The molecule has 6 heteroatoms. The number of ether oxygens (including phenoxy) is 2. The van der Waals surface area contributed by atoms with Gasteiger partial charge in [-0.05, 0) is 24.6 Å². The smallest absolute Gasteiger partial charge is 0.329 e. The zero-order valence-electron chi connectivity index (χ0n) is 15.8. The Hall–Kier alpha value is -2.57. The lowest BCUT2D eigenvalue weighted by atomic mass is 10.2. The van der Waals surface area contributed by atoms with Gasteiger partial charge >= 0.3 is 5.69 Å². The summed E-state index contributed by atoms with van der Waals surface area (Å²) in [6, 6.07) is 15.3. The molecule has 3 rings (SSSR count). The molecule has 0 saturated carbocycles. The van der Waals surface area contributed by atoms with Gasteiger partial charge in [-0.15, -0.1) is 0 Å². The standard InChI is InChI=1S/C21H26N2O4/c1-3-12-22-18-9-5-6-10-19(18)23(21(22)25)13-17(24)15-27-14-16-8-4-7-11-20(16)26-2/h4-11,17,24H,3,12-15H2,1-2H3/t17-/m0/s1. The summed E-state index contributed by atoms with van der Waals surface area (Å²) in [6.45, 7) is 3.37. The molecule has 1 atom stereocenters. The number of hydrogen-bond acceptors (Lipinski definition) is 4. The van der Waals surface area contributed by atoms with Gasteiger partial charge in [0.2, 0.25) is 0 Å². The van der Waals surface area contributed by atoms with Crippen LogP contribution in [0.2, 0.25) is 0 Å². The van der Waals surface area contributed by atoms with Crippen LogP contribution in [0.5, 0.6) is 5.75 Å². The maximum atomic E-state index is 12.8. The number of imidazole rings is 1. The Morgan fingerprint density at radius 1 is 1.04 bits per heavy atom. The Morgan fingerprint density at radius 3 is 2.41 bits per heavy atom. The second-order valence-electron chi connectivity index (χ2n) is 6.51. The molecule has 0 aliphatic carbocycles. The van der Waals surface area contributed by atoms with Crippen molar-refractivity contribution in [2.75, 3.05) is 13.7 Å². The fourth-order valence-electron chi connectivity index (χ4n) is 3.28. The lowest BCUT2D eigenvalue weighted by molar-refractivity contribution is 0.0198. The van der Waals surface area contributed by atoms with Crippen molar-refractivity contribution in [1.29, 1.82) is 0 Å². The van der Waals surface area contributed by atoms with E-state index in [2.05, 4.69) is 0 Å². The van der Waals surface area contributed by atoms with Crippen LogP contribution in [0.4, 0.5) is 0 Å². The number of methoxy groups -OCH3 is 1. The van der Waals surface area contributed by atoms with Crippen molar-refractivity contribution in [2.45, 2.75) is 39.1 Å². The largest absolute Gasteiger partial charge is 0.496 e. The number of benzene rings is 2. The number of aliphatic hydroxyl groups is 1. The lowest BCUT2D eigenvalue weighted by Crippen LogP contribution is -2.30. The summed E-state index contributed by atoms with van der Waals surface area (Å²) in [4.78, 5) is 12.8. The van der Waals surface area contributed by atoms with E-state index in [-0.39, 0.29) is 18.8 Å². The summed E-state index contributed by atoms with van der Waals surface area (Å²) < 4.78 is 14.3. The van der Waals surface area contributed by atoms with Gasteiger partial charge < -0.3 is 14.6 Å². The van der Waals surface area contributed by atoms with Gasteiger partial charge in [-0.2, -0.15) is 0 Å². The maximum absolute atomic E-state index is 12.8. The highest BCUT2D eigenvalue weighted by molar-refractivity contribution is 5.76. The highest BCUT2D eigenvalue weighted by Gasteiger charge is 2.15. The second-order valence-corrected chi connectivity index (χ2v) is 6.51. The van der Waals surface area contributed by atoms with Gasteiger partial charge in [-0.3, -0.25) is 9.13 Å². The SMILES string of the molecule is CCCn1c(=O)n(C[C@H](O)COCc2ccccc2OC)c2ccccc21. The van der Waals surface area contributed by atoms with E-state index in [0.29, 0.717) is 13.2 Å². The van der Waals surface area contributed by atoms with Gasteiger partial charge in [0.05, 0.1) is 44.0 Å². The minimum atomic E-state index is -0.779. The predicted octanol–water partition coefficient (Wildman–Crippen LogP) is 2.80. The average molecular weight is 370 g/mol. The topological polar surface area (TPSA) is 65.6 Å². The molecular weight excluding hydrogens is 344 g/mol. The normalized spacial score (nSPS) is 12.4. The molecule has 0 saturated heterocycles. The molecule has 1 N–H and O–H groups in total. The molecule has 2 aromatic carbocycles. The number of para-hydroxylation sites is 3. The molecular formula is C21H26N2O4. The number of nitrogens with zero attached hydrogens (tertiary/aromatic N) is 2. The summed E-state index contributed by atoms with van der Waals surface area (Å²) in [7, 11) is 1.62. The first-order valence-electron chi connectivity index (χ1n) is 9.21. The quantitative estimate of drug-likeness (QED) is 0.629. The highest BCUT2D eigenvalue weighted by atomic mass is 16.5. The molecule has 6 nitrogen and oxygen atoms in total. The van der Waals surface area contributed by atoms with Crippen molar-refractivity contribution in [3.8, 4) is 5.75 Å². The van der Waals surface area contributed by atoms with Crippen molar-refractivity contribution < 1.29 is 14.6 Å². The summed E-state index contributed by atoms with van der Waals surface area (Å²) in [5, 5.41) is 10.4. The molecule has 0 fully saturated rings. The fourth-order valence-corrected chi connectivity index (χ4v) is 3.28. The highest BCUT2D eigenvalue weighted by Crippen LogP contribution is 2.18. The number of hydrogen-bond donors (Lipinski definition) is 1. The van der Waals surface area contributed by atoms with Gasteiger partial charge in [0.25, 0.3) is 0 Å². The van der Waals surface area contributed by atoms with Gasteiger partial charge in [0, 0.05) is 12.1 Å². The molecule has 0 aliphatic heterocycles. The van der Waals surface area contributed by atoms with Gasteiger partial charge in [0.15, 0.2) is 0 Å². The van der Waals surface area contributed by atoms with Crippen LogP contribution in [0.25, 0.3) is 11.0 Å². The molecule has 0 radical (unpaired) electrons. The van der Waals surface area contributed by atoms with Crippen molar-refractivity contribution in [3.63, 3.8) is 0 Å². The molecule has 27 heavy (non-hydrogen) atoms. The zero-order chi connectivity index (χ0) is 19.2. The minimum Gasteiger partial charge on any atom is -0.496 e. The molecule has 0 unspecified atom stereocenters. The molecule has 0 aliphatic rings. The molecule has 0 amide bonds. The minimum absolute atomic E-state index is 0.0955. The third-order valence-corrected chi connectivity index (χ3v) is 4.53. The first-order chi connectivity index (χ1) is 13.2. The van der Waals surface area contributed by atoms with Gasteiger partial charge in [-0.1, -0.05) is 37.3 Å². The first-order valence-corrected chi connectivity index (χ1v) is 9.21. The van der Waals surface area contributed by atoms with Crippen LogP contribution in [0.15, 0.2) is 53.3 Å². The zero-order valence-corrected chi connectivity index (χ0v) is 15.8. The van der Waals surface area contributed by atoms with Crippen LogP contribution in [-0.4, -0.2) is 34.1 Å². The van der Waals surface area contributed by atoms with E-state index in [1.807, 2.05) is 55.5 Å². The number of rotatable bonds is 9. The van der Waals surface area contributed by atoms with Gasteiger partial charge in [-0.25, -0.2) is 4.79 Å². The molecule has 144 valence electrons. The number of aromatic nitrogens is 2. The lowest BCUT2D eigenvalue weighted by Gasteiger charge is -2.13. The summed E-state index contributed by atoms with van der Waals surface area (Å²) in [6.07, 6.45) is 0.0941. The third kappa shape index (κ3) is 4.23. The number of aryl methyl sites for hydroxylation is 1. The predicted molar refractivity (Wildman–Crippen MR) is 105 cm³/mol. The van der Waals surface area contributed by atoms with Crippen molar-refractivity contribution in [2.24, 2.45) is 0 Å². The molecule has 1 heterocycles. The Labute approximate surface area is 158 Å². The Bertz CT molecular complexity index is 945. The van der Waals surface area contributed by atoms with E-state index in [1.54, 1.807) is 16.2 Å². The Balaban J connectivity index is 1.68. The van der Waals surface area contributed by atoms with E-state index < -0.39 is 6.10 Å². The van der Waals surface area contributed by atoms with E-state index in [9.17, 15) is 9.90 Å². The van der Waals surface area contributed by atoms with Crippen molar-refractivity contribution in [3.05, 3.63) is 64.6 Å². The van der Waals surface area contributed by atoms with E-state index in [0.717, 1.165) is 28.8 Å². The van der Waals surface area contributed by atoms with Crippen LogP contribution in [-0.2, 0) is 24.4 Å². The molecule has 1 aromatic heterocycles.